The van der Waals surface area contributed by atoms with E-state index in [1.807, 2.05) is 60.7 Å². The van der Waals surface area contributed by atoms with E-state index in [9.17, 15) is 4.79 Å². The number of carbonyl (C=O) groups excluding carboxylic acids is 1. The predicted octanol–water partition coefficient (Wildman–Crippen LogP) is 3.84. The van der Waals surface area contributed by atoms with Crippen LogP contribution in [0.4, 0.5) is 4.79 Å². The van der Waals surface area contributed by atoms with Crippen LogP contribution in [-0.4, -0.2) is 24.1 Å². The first kappa shape index (κ1) is 14.9. The van der Waals surface area contributed by atoms with Gasteiger partial charge < -0.3 is 9.64 Å². The summed E-state index contributed by atoms with van der Waals surface area (Å²) in [6, 6.07) is 19.0. The molecule has 116 valence electrons. The van der Waals surface area contributed by atoms with Crippen molar-refractivity contribution in [1.29, 1.82) is 0 Å². The minimum absolute atomic E-state index is 0.232. The summed E-state index contributed by atoms with van der Waals surface area (Å²) in [5, 5.41) is 3.91. The number of benzene rings is 2. The van der Waals surface area contributed by atoms with Gasteiger partial charge in [0.1, 0.15) is 12.1 Å². The van der Waals surface area contributed by atoms with Crippen molar-refractivity contribution in [3.05, 3.63) is 82.2 Å². The van der Waals surface area contributed by atoms with Crippen molar-refractivity contribution >= 4 is 6.09 Å². The maximum atomic E-state index is 12.1. The van der Waals surface area contributed by atoms with Crippen LogP contribution >= 0.6 is 0 Å². The van der Waals surface area contributed by atoms with Crippen LogP contribution < -0.4 is 0 Å². The van der Waals surface area contributed by atoms with E-state index in [-0.39, 0.29) is 6.61 Å². The summed E-state index contributed by atoms with van der Waals surface area (Å²) in [6.45, 7) is 0.888. The van der Waals surface area contributed by atoms with Crippen LogP contribution in [0.5, 0.6) is 0 Å². The summed E-state index contributed by atoms with van der Waals surface area (Å²) < 4.78 is 5.29. The number of carbonyl (C=O) groups is 1. The maximum absolute atomic E-state index is 12.1. The van der Waals surface area contributed by atoms with Crippen molar-refractivity contribution in [1.82, 2.24) is 4.90 Å². The molecule has 2 aromatic carbocycles. The van der Waals surface area contributed by atoms with E-state index in [0.717, 1.165) is 11.1 Å². The van der Waals surface area contributed by atoms with Crippen LogP contribution in [0.25, 0.3) is 10.4 Å². The highest BCUT2D eigenvalue weighted by atomic mass is 16.6. The molecule has 0 radical (unpaired) electrons. The molecule has 0 spiro atoms. The molecule has 23 heavy (non-hydrogen) atoms. The van der Waals surface area contributed by atoms with Crippen molar-refractivity contribution in [3.8, 4) is 0 Å². The van der Waals surface area contributed by atoms with Gasteiger partial charge >= 0.3 is 6.09 Å². The van der Waals surface area contributed by atoms with Crippen LogP contribution in [0.3, 0.4) is 0 Å². The third-order valence-electron chi connectivity index (χ3n) is 3.92. The van der Waals surface area contributed by atoms with Crippen molar-refractivity contribution < 1.29 is 9.53 Å². The molecule has 6 nitrogen and oxygen atoms in total. The third-order valence-corrected chi connectivity index (χ3v) is 3.92. The van der Waals surface area contributed by atoms with Crippen molar-refractivity contribution in [2.24, 2.45) is 5.11 Å². The Bertz CT molecular complexity index is 721. The number of ether oxygens (including phenoxy) is 1. The Kier molecular flexibility index (Phi) is 4.17. The van der Waals surface area contributed by atoms with Crippen molar-refractivity contribution in [3.63, 3.8) is 0 Å². The number of amides is 1. The van der Waals surface area contributed by atoms with E-state index in [2.05, 4.69) is 10.0 Å². The second-order valence-corrected chi connectivity index (χ2v) is 5.48. The molecule has 0 atom stereocenters. The zero-order valence-corrected chi connectivity index (χ0v) is 12.5. The average molecular weight is 308 g/mol. The van der Waals surface area contributed by atoms with E-state index in [1.54, 1.807) is 4.90 Å². The van der Waals surface area contributed by atoms with E-state index in [4.69, 9.17) is 10.3 Å². The van der Waals surface area contributed by atoms with Crippen molar-refractivity contribution in [2.45, 2.75) is 12.1 Å². The Hall–Kier alpha value is -2.98. The van der Waals surface area contributed by atoms with Gasteiger partial charge in [0.25, 0.3) is 0 Å². The Morgan fingerprint density at radius 3 is 2.35 bits per heavy atom. The number of nitrogens with zero attached hydrogens (tertiary/aromatic N) is 4. The Morgan fingerprint density at radius 2 is 1.74 bits per heavy atom. The molecule has 0 N–H and O–H groups in total. The molecule has 1 saturated heterocycles. The van der Waals surface area contributed by atoms with Gasteiger partial charge in [-0.2, -0.15) is 0 Å². The molecule has 1 fully saturated rings. The lowest BCUT2D eigenvalue weighted by molar-refractivity contribution is 0.0355. The predicted molar refractivity (Wildman–Crippen MR) is 85.5 cm³/mol. The lowest BCUT2D eigenvalue weighted by Crippen LogP contribution is -2.60. The van der Waals surface area contributed by atoms with Gasteiger partial charge in [0.05, 0.1) is 0 Å². The number of hydrogen-bond donors (Lipinski definition) is 0. The van der Waals surface area contributed by atoms with E-state index in [0.29, 0.717) is 13.1 Å². The molecular formula is C17H16N4O2. The molecule has 2 aromatic rings. The first-order valence-corrected chi connectivity index (χ1v) is 7.31. The molecule has 1 amide bonds. The van der Waals surface area contributed by atoms with Gasteiger partial charge in [0.2, 0.25) is 0 Å². The van der Waals surface area contributed by atoms with Gasteiger partial charge in [0, 0.05) is 18.0 Å². The first-order valence-electron chi connectivity index (χ1n) is 7.31. The average Bonchev–Trinajstić information content (AvgIpc) is 2.57. The van der Waals surface area contributed by atoms with Crippen LogP contribution in [-0.2, 0) is 16.9 Å². The minimum atomic E-state index is -0.693. The maximum Gasteiger partial charge on any atom is 0.410 e. The van der Waals surface area contributed by atoms with Gasteiger partial charge in [0.15, 0.2) is 0 Å². The number of azide groups is 1. The molecule has 0 aliphatic carbocycles. The van der Waals surface area contributed by atoms with Crippen molar-refractivity contribution in [2.75, 3.05) is 13.1 Å². The van der Waals surface area contributed by atoms with E-state index >= 15 is 0 Å². The topological polar surface area (TPSA) is 78.3 Å². The fraction of sp³-hybridized carbons (Fsp3) is 0.235. The highest BCUT2D eigenvalue weighted by Crippen LogP contribution is 2.36. The molecule has 0 bridgehead atoms. The first-order chi connectivity index (χ1) is 11.2. The number of likely N-dealkylation sites (tertiary alicyclic amines) is 1. The molecule has 6 heteroatoms. The van der Waals surface area contributed by atoms with Crippen LogP contribution in [0, 0.1) is 0 Å². The normalized spacial score (nSPS) is 15.2. The third kappa shape index (κ3) is 3.12. The van der Waals surface area contributed by atoms with E-state index < -0.39 is 11.6 Å². The molecule has 0 aromatic heterocycles. The highest BCUT2D eigenvalue weighted by Gasteiger charge is 2.46. The summed E-state index contributed by atoms with van der Waals surface area (Å²) in [6.07, 6.45) is -0.395. The zero-order chi connectivity index (χ0) is 16.1. The smallest absolute Gasteiger partial charge is 0.410 e. The number of hydrogen-bond acceptors (Lipinski definition) is 3. The Balaban J connectivity index is 1.62. The summed E-state index contributed by atoms with van der Waals surface area (Å²) >= 11 is 0. The van der Waals surface area contributed by atoms with Crippen LogP contribution in [0.15, 0.2) is 65.8 Å². The van der Waals surface area contributed by atoms with Gasteiger partial charge in [-0.25, -0.2) is 4.79 Å². The van der Waals surface area contributed by atoms with Gasteiger partial charge in [-0.1, -0.05) is 65.8 Å². The lowest BCUT2D eigenvalue weighted by atomic mass is 9.83. The minimum Gasteiger partial charge on any atom is -0.445 e. The molecule has 1 aliphatic heterocycles. The zero-order valence-electron chi connectivity index (χ0n) is 12.5. The molecule has 0 saturated carbocycles. The summed E-state index contributed by atoms with van der Waals surface area (Å²) in [7, 11) is 0. The number of rotatable bonds is 4. The Labute approximate surface area is 133 Å². The summed E-state index contributed by atoms with van der Waals surface area (Å²) in [5.41, 5.74) is 9.98. The van der Waals surface area contributed by atoms with Gasteiger partial charge in [-0.3, -0.25) is 0 Å². The fourth-order valence-electron chi connectivity index (χ4n) is 2.66. The fourth-order valence-corrected chi connectivity index (χ4v) is 2.66. The molecule has 3 rings (SSSR count). The summed E-state index contributed by atoms with van der Waals surface area (Å²) in [5.74, 6) is 0. The highest BCUT2D eigenvalue weighted by molar-refractivity contribution is 5.69. The molecular weight excluding hydrogens is 292 g/mol. The standard InChI is InChI=1S/C17H16N4O2/c18-20-19-17(15-9-5-2-6-10-15)12-21(13-17)16(22)23-11-14-7-3-1-4-8-14/h1-10H,11-13H2. The Morgan fingerprint density at radius 1 is 1.13 bits per heavy atom. The second kappa shape index (κ2) is 6.42. The van der Waals surface area contributed by atoms with Gasteiger partial charge in [-0.05, 0) is 16.7 Å². The van der Waals surface area contributed by atoms with Crippen LogP contribution in [0.1, 0.15) is 11.1 Å². The van der Waals surface area contributed by atoms with Crippen LogP contribution in [0.2, 0.25) is 0 Å². The van der Waals surface area contributed by atoms with Gasteiger partial charge in [-0.15, -0.1) is 0 Å². The lowest BCUT2D eigenvalue weighted by Gasteiger charge is -2.46. The van der Waals surface area contributed by atoms with E-state index in [1.165, 1.54) is 0 Å². The molecule has 0 unspecified atom stereocenters. The second-order valence-electron chi connectivity index (χ2n) is 5.48. The largest absolute Gasteiger partial charge is 0.445 e. The summed E-state index contributed by atoms with van der Waals surface area (Å²) in [4.78, 5) is 16.6. The monoisotopic (exact) mass is 308 g/mol. The molecule has 1 aliphatic rings. The molecule has 1 heterocycles. The SMILES string of the molecule is [N-]=[N+]=NC1(c2ccccc2)CN(C(=O)OCc2ccccc2)C1. The quantitative estimate of drug-likeness (QED) is 0.488.